The first-order valence-electron chi connectivity index (χ1n) is 9.12. The molecule has 2 aromatic heterocycles. The summed E-state index contributed by atoms with van der Waals surface area (Å²) in [4.78, 5) is 17.7. The molecule has 0 bridgehead atoms. The topological polar surface area (TPSA) is 51.2 Å². The van der Waals surface area contributed by atoms with Crippen LogP contribution in [0.15, 0.2) is 77.5 Å². The van der Waals surface area contributed by atoms with Gasteiger partial charge in [0.2, 0.25) is 5.91 Å². The molecule has 0 fully saturated rings. The molecule has 0 aliphatic heterocycles. The molecule has 0 saturated carbocycles. The highest BCUT2D eigenvalue weighted by molar-refractivity contribution is 7.16. The highest BCUT2D eigenvalue weighted by atomic mass is 35.5. The van der Waals surface area contributed by atoms with Crippen molar-refractivity contribution in [1.29, 1.82) is 0 Å². The van der Waals surface area contributed by atoms with Crippen LogP contribution >= 0.6 is 34.3 Å². The van der Waals surface area contributed by atoms with Crippen LogP contribution in [0.1, 0.15) is 11.1 Å². The van der Waals surface area contributed by atoms with E-state index in [4.69, 9.17) is 16.3 Å². The van der Waals surface area contributed by atoms with E-state index in [9.17, 15) is 4.79 Å². The summed E-state index contributed by atoms with van der Waals surface area (Å²) < 4.78 is 5.77. The minimum absolute atomic E-state index is 0.221. The normalized spacial score (nSPS) is 11.0. The number of aromatic nitrogens is 1. The van der Waals surface area contributed by atoms with Crippen molar-refractivity contribution in [2.75, 3.05) is 5.32 Å². The number of anilines is 1. The van der Waals surface area contributed by atoms with Gasteiger partial charge in [-0.25, -0.2) is 4.98 Å². The average molecular weight is 453 g/mol. The van der Waals surface area contributed by atoms with Crippen LogP contribution in [-0.4, -0.2) is 10.9 Å². The van der Waals surface area contributed by atoms with Crippen molar-refractivity contribution >= 4 is 51.4 Å². The number of nitrogens with zero attached hydrogens (tertiary/aromatic N) is 1. The highest BCUT2D eigenvalue weighted by Gasteiger charge is 2.07. The van der Waals surface area contributed by atoms with Crippen LogP contribution in [0.25, 0.3) is 16.6 Å². The molecule has 0 atom stereocenters. The lowest BCUT2D eigenvalue weighted by Gasteiger charge is -2.07. The Morgan fingerprint density at radius 3 is 2.67 bits per heavy atom. The fourth-order valence-electron chi connectivity index (χ4n) is 2.64. The molecule has 0 radical (unpaired) electrons. The number of carbonyl (C=O) groups is 1. The van der Waals surface area contributed by atoms with Gasteiger partial charge < -0.3 is 4.74 Å². The molecule has 2 aromatic carbocycles. The number of carbonyl (C=O) groups excluding carboxylic acids is 1. The third-order valence-electron chi connectivity index (χ3n) is 4.17. The number of ether oxygens (including phenoxy) is 1. The zero-order chi connectivity index (χ0) is 20.8. The van der Waals surface area contributed by atoms with Gasteiger partial charge in [-0.15, -0.1) is 22.7 Å². The SMILES string of the molecule is O=C(/C=C/c1ccc(OCc2ccccc2Cl)cc1)Nc1nc(-c2cccs2)cs1. The van der Waals surface area contributed by atoms with E-state index in [0.717, 1.165) is 27.4 Å². The standard InChI is InChI=1S/C23H17ClN2O2S2/c24-19-5-2-1-4-17(19)14-28-18-10-7-16(8-11-18)9-12-22(27)26-23-25-20(15-30-23)21-6-3-13-29-21/h1-13,15H,14H2,(H,25,26,27)/b12-9+. The number of amides is 1. The van der Waals surface area contributed by atoms with Crippen molar-refractivity contribution < 1.29 is 9.53 Å². The second-order valence-corrected chi connectivity index (χ2v) is 8.50. The van der Waals surface area contributed by atoms with Gasteiger partial charge in [-0.2, -0.15) is 0 Å². The summed E-state index contributed by atoms with van der Waals surface area (Å²) in [5.41, 5.74) is 2.71. The first-order valence-corrected chi connectivity index (χ1v) is 11.3. The van der Waals surface area contributed by atoms with Crippen LogP contribution in [-0.2, 0) is 11.4 Å². The molecule has 7 heteroatoms. The Labute approximate surface area is 187 Å². The van der Waals surface area contributed by atoms with Gasteiger partial charge in [0.1, 0.15) is 12.4 Å². The predicted molar refractivity (Wildman–Crippen MR) is 125 cm³/mol. The molecule has 0 spiro atoms. The molecule has 0 unspecified atom stereocenters. The van der Waals surface area contributed by atoms with Crippen molar-refractivity contribution in [2.45, 2.75) is 6.61 Å². The maximum absolute atomic E-state index is 12.2. The number of hydrogen-bond acceptors (Lipinski definition) is 5. The van der Waals surface area contributed by atoms with Crippen molar-refractivity contribution in [3.05, 3.63) is 93.6 Å². The molecule has 4 nitrogen and oxygen atoms in total. The minimum atomic E-state index is -0.221. The van der Waals surface area contributed by atoms with Gasteiger partial charge in [-0.05, 0) is 41.3 Å². The fraction of sp³-hybridized carbons (Fsp3) is 0.0435. The summed E-state index contributed by atoms with van der Waals surface area (Å²) >= 11 is 9.17. The maximum Gasteiger partial charge on any atom is 0.250 e. The minimum Gasteiger partial charge on any atom is -0.489 e. The molecule has 1 amide bonds. The maximum atomic E-state index is 12.2. The molecule has 0 saturated heterocycles. The molecule has 1 N–H and O–H groups in total. The average Bonchev–Trinajstić information content (AvgIpc) is 3.44. The van der Waals surface area contributed by atoms with Crippen LogP contribution < -0.4 is 10.1 Å². The number of thiophene rings is 1. The first kappa shape index (κ1) is 20.3. The summed E-state index contributed by atoms with van der Waals surface area (Å²) in [6.07, 6.45) is 3.24. The molecule has 4 rings (SSSR count). The number of halogens is 1. The smallest absolute Gasteiger partial charge is 0.250 e. The summed E-state index contributed by atoms with van der Waals surface area (Å²) in [7, 11) is 0. The number of hydrogen-bond donors (Lipinski definition) is 1. The number of benzene rings is 2. The van der Waals surface area contributed by atoms with E-state index in [1.165, 1.54) is 17.4 Å². The molecule has 0 aliphatic rings. The Hall–Kier alpha value is -2.93. The summed E-state index contributed by atoms with van der Waals surface area (Å²) in [6, 6.07) is 19.1. The molecule has 0 aliphatic carbocycles. The monoisotopic (exact) mass is 452 g/mol. The number of thiazole rings is 1. The van der Waals surface area contributed by atoms with Crippen molar-refractivity contribution in [1.82, 2.24) is 4.98 Å². The van der Waals surface area contributed by atoms with Gasteiger partial charge in [-0.3, -0.25) is 10.1 Å². The zero-order valence-corrected chi connectivity index (χ0v) is 18.1. The van der Waals surface area contributed by atoms with Crippen LogP contribution in [0.2, 0.25) is 5.02 Å². The zero-order valence-electron chi connectivity index (χ0n) is 15.7. The van der Waals surface area contributed by atoms with Gasteiger partial charge in [-0.1, -0.05) is 48.0 Å². The van der Waals surface area contributed by atoms with Gasteiger partial charge in [0.15, 0.2) is 5.13 Å². The Balaban J connectivity index is 1.30. The van der Waals surface area contributed by atoms with Gasteiger partial charge in [0, 0.05) is 22.0 Å². The van der Waals surface area contributed by atoms with Crippen LogP contribution in [0, 0.1) is 0 Å². The summed E-state index contributed by atoms with van der Waals surface area (Å²) in [5.74, 6) is 0.515. The lowest BCUT2D eigenvalue weighted by atomic mass is 10.2. The molecule has 4 aromatic rings. The van der Waals surface area contributed by atoms with Crippen LogP contribution in [0.4, 0.5) is 5.13 Å². The molecular formula is C23H17ClN2O2S2. The second-order valence-electron chi connectivity index (χ2n) is 6.29. The summed E-state index contributed by atoms with van der Waals surface area (Å²) in [6.45, 7) is 0.401. The fourth-order valence-corrected chi connectivity index (χ4v) is 4.30. The largest absolute Gasteiger partial charge is 0.489 e. The Bertz CT molecular complexity index is 1150. The van der Waals surface area contributed by atoms with Crippen molar-refractivity contribution in [2.24, 2.45) is 0 Å². The van der Waals surface area contributed by atoms with Crippen molar-refractivity contribution in [3.8, 4) is 16.3 Å². The van der Waals surface area contributed by atoms with E-state index in [1.54, 1.807) is 17.4 Å². The Kier molecular flexibility index (Phi) is 6.59. The van der Waals surface area contributed by atoms with E-state index < -0.39 is 0 Å². The number of rotatable bonds is 7. The molecule has 2 heterocycles. The Morgan fingerprint density at radius 2 is 1.90 bits per heavy atom. The van der Waals surface area contributed by atoms with Gasteiger partial charge >= 0.3 is 0 Å². The Morgan fingerprint density at radius 1 is 1.07 bits per heavy atom. The van der Waals surface area contributed by atoms with Gasteiger partial charge in [0.05, 0.1) is 10.6 Å². The van der Waals surface area contributed by atoms with E-state index in [1.807, 2.05) is 71.4 Å². The van der Waals surface area contributed by atoms with Crippen LogP contribution in [0.5, 0.6) is 5.75 Å². The number of nitrogens with one attached hydrogen (secondary N) is 1. The highest BCUT2D eigenvalue weighted by Crippen LogP contribution is 2.28. The van der Waals surface area contributed by atoms with Crippen molar-refractivity contribution in [3.63, 3.8) is 0 Å². The van der Waals surface area contributed by atoms with Gasteiger partial charge in [0.25, 0.3) is 0 Å². The van der Waals surface area contributed by atoms with E-state index in [-0.39, 0.29) is 5.91 Å². The third-order valence-corrected chi connectivity index (χ3v) is 6.19. The lowest BCUT2D eigenvalue weighted by molar-refractivity contribution is -0.111. The van der Waals surface area contributed by atoms with Crippen LogP contribution in [0.3, 0.4) is 0 Å². The molecule has 150 valence electrons. The van der Waals surface area contributed by atoms with E-state index >= 15 is 0 Å². The molecular weight excluding hydrogens is 436 g/mol. The second kappa shape index (κ2) is 9.71. The predicted octanol–water partition coefficient (Wildman–Crippen LogP) is 6.76. The van der Waals surface area contributed by atoms with E-state index in [2.05, 4.69) is 10.3 Å². The lowest BCUT2D eigenvalue weighted by Crippen LogP contribution is -2.07. The quantitative estimate of drug-likeness (QED) is 0.315. The molecule has 30 heavy (non-hydrogen) atoms. The van der Waals surface area contributed by atoms with E-state index in [0.29, 0.717) is 16.8 Å². The first-order chi connectivity index (χ1) is 14.7. The third kappa shape index (κ3) is 5.36. The summed E-state index contributed by atoms with van der Waals surface area (Å²) in [5, 5.41) is 8.00.